The molecule has 0 aromatic carbocycles. The highest BCUT2D eigenvalue weighted by Gasteiger charge is 1.85. The van der Waals surface area contributed by atoms with Gasteiger partial charge in [-0.1, -0.05) is 0 Å². The minimum absolute atomic E-state index is 0. The van der Waals surface area contributed by atoms with Crippen LogP contribution in [-0.2, 0) is 20.8 Å². The molecular weight excluding hydrogens is 402 g/mol. The van der Waals surface area contributed by atoms with E-state index >= 15 is 0 Å². The Labute approximate surface area is 149 Å². The molecule has 0 spiro atoms. The molecule has 0 aromatic rings. The fraction of sp³-hybridized carbons (Fsp3) is 0. The van der Waals surface area contributed by atoms with E-state index in [4.69, 9.17) is 35.0 Å². The number of hydrogen-bond acceptors (Lipinski definition) is 19. The van der Waals surface area contributed by atoms with Crippen LogP contribution in [0, 0.1) is 0 Å². The predicted molar refractivity (Wildman–Crippen MR) is 104 cm³/mol. The van der Waals surface area contributed by atoms with Crippen molar-refractivity contribution in [2.45, 2.75) is 0 Å². The van der Waals surface area contributed by atoms with Gasteiger partial charge in [-0.3, -0.25) is 18.2 Å². The van der Waals surface area contributed by atoms with Crippen molar-refractivity contribution in [1.82, 2.24) is 92.3 Å². The van der Waals surface area contributed by atoms with Crippen LogP contribution < -0.4 is 92.3 Å². The predicted octanol–water partition coefficient (Wildman–Crippen LogP) is 1.12. The molecular formula is H49N15O8S2. The first kappa shape index (κ1) is 254. The Morgan fingerprint density at radius 3 is 0.280 bits per heavy atom. The minimum atomic E-state index is -4.67. The molecule has 23 nitrogen and oxygen atoms in total. The first-order chi connectivity index (χ1) is 4.00. The van der Waals surface area contributed by atoms with Crippen molar-refractivity contribution < 1.29 is 35.0 Å². The minimum Gasteiger partial charge on any atom is -0.344 e. The van der Waals surface area contributed by atoms with Gasteiger partial charge in [-0.25, -0.2) is 0 Å². The summed E-state index contributed by atoms with van der Waals surface area (Å²) in [6, 6.07) is 0. The first-order valence-electron chi connectivity index (χ1n) is 1.40. The molecule has 0 aliphatic carbocycles. The van der Waals surface area contributed by atoms with Crippen LogP contribution in [-0.4, -0.2) is 35.0 Å². The lowest BCUT2D eigenvalue weighted by Gasteiger charge is -1.68. The van der Waals surface area contributed by atoms with Crippen LogP contribution in [0.3, 0.4) is 0 Å². The maximum atomic E-state index is 8.74. The van der Waals surface area contributed by atoms with Crippen molar-refractivity contribution in [3.05, 3.63) is 0 Å². The lowest BCUT2D eigenvalue weighted by Crippen LogP contribution is -1.89. The standard InChI is InChI=1S/15H3N.2H2O4S/c;;;;;;;;;;;;;;;2*1-5(2,3)4/h15*1H3;2*(H2,1,2,3,4). The summed E-state index contributed by atoms with van der Waals surface area (Å²) < 4.78 is 63.2. The van der Waals surface area contributed by atoms with E-state index < -0.39 is 20.8 Å². The van der Waals surface area contributed by atoms with Crippen LogP contribution >= 0.6 is 0 Å². The number of hydrogen-bond donors (Lipinski definition) is 19. The molecule has 0 heterocycles. The van der Waals surface area contributed by atoms with E-state index in [2.05, 4.69) is 0 Å². The molecule has 0 aliphatic heterocycles. The van der Waals surface area contributed by atoms with Gasteiger partial charge in [-0.05, 0) is 0 Å². The van der Waals surface area contributed by atoms with Crippen LogP contribution in [0.25, 0.3) is 0 Å². The Morgan fingerprint density at radius 1 is 0.280 bits per heavy atom. The number of rotatable bonds is 0. The van der Waals surface area contributed by atoms with Crippen molar-refractivity contribution in [3.63, 3.8) is 0 Å². The van der Waals surface area contributed by atoms with E-state index in [1.165, 1.54) is 0 Å². The summed E-state index contributed by atoms with van der Waals surface area (Å²) in [7, 11) is -9.33. The first-order valence-corrected chi connectivity index (χ1v) is 4.19. The average molecular weight is 452 g/mol. The third-order valence-electron chi connectivity index (χ3n) is 0. The SMILES string of the molecule is N.N.N.N.N.N.N.N.N.N.N.N.N.N.N.O=S(=O)(O)O.O=S(=O)(O)O. The molecule has 49 N–H and O–H groups in total. The molecule has 0 saturated heterocycles. The normalized spacial score (nSPS) is 4.64. The summed E-state index contributed by atoms with van der Waals surface area (Å²) >= 11 is 0. The average Bonchev–Trinajstić information content (AvgIpc) is 1.12. The fourth-order valence-electron chi connectivity index (χ4n) is 0. The largest absolute Gasteiger partial charge is 0.394 e. The van der Waals surface area contributed by atoms with Crippen molar-refractivity contribution in [2.24, 2.45) is 0 Å². The summed E-state index contributed by atoms with van der Waals surface area (Å²) in [6.07, 6.45) is 0. The van der Waals surface area contributed by atoms with Crippen molar-refractivity contribution in [2.75, 3.05) is 0 Å². The monoisotopic (exact) mass is 451 g/mol. The summed E-state index contributed by atoms with van der Waals surface area (Å²) in [6.45, 7) is 0. The van der Waals surface area contributed by atoms with Gasteiger partial charge in [0.05, 0.1) is 0 Å². The molecule has 0 bridgehead atoms. The Hall–Kier alpha value is -0.860. The maximum Gasteiger partial charge on any atom is 0.394 e. The van der Waals surface area contributed by atoms with Gasteiger partial charge in [-0.15, -0.1) is 0 Å². The maximum absolute atomic E-state index is 8.74. The van der Waals surface area contributed by atoms with Crippen LogP contribution in [0.15, 0.2) is 0 Å². The zero-order chi connectivity index (χ0) is 9.00. The Kier molecular flexibility index (Phi) is 927. The second kappa shape index (κ2) is 91.4. The van der Waals surface area contributed by atoms with E-state index in [0.717, 1.165) is 0 Å². The molecule has 0 radical (unpaired) electrons. The van der Waals surface area contributed by atoms with Crippen LogP contribution in [0.2, 0.25) is 0 Å². The van der Waals surface area contributed by atoms with Gasteiger partial charge in [0.25, 0.3) is 0 Å². The van der Waals surface area contributed by atoms with Gasteiger partial charge in [0.1, 0.15) is 0 Å². The molecule has 0 fully saturated rings. The highest BCUT2D eigenvalue weighted by atomic mass is 32.3. The van der Waals surface area contributed by atoms with Crippen LogP contribution in [0.1, 0.15) is 0 Å². The van der Waals surface area contributed by atoms with Gasteiger partial charge in [0.15, 0.2) is 0 Å². The molecule has 0 saturated carbocycles. The summed E-state index contributed by atoms with van der Waals surface area (Å²) in [5, 5.41) is 0. The molecule has 0 atom stereocenters. The smallest absolute Gasteiger partial charge is 0.344 e. The quantitative estimate of drug-likeness (QED) is 0.229. The van der Waals surface area contributed by atoms with Crippen LogP contribution in [0.4, 0.5) is 0 Å². The second-order valence-electron chi connectivity index (χ2n) is 0.896. The lowest BCUT2D eigenvalue weighted by atomic mass is 14.0. The van der Waals surface area contributed by atoms with Gasteiger partial charge in [0.2, 0.25) is 0 Å². The van der Waals surface area contributed by atoms with Crippen molar-refractivity contribution in [3.8, 4) is 0 Å². The molecule has 0 aliphatic rings. The molecule has 0 amide bonds. The van der Waals surface area contributed by atoms with Crippen LogP contribution in [0.5, 0.6) is 0 Å². The fourth-order valence-corrected chi connectivity index (χ4v) is 0. The molecule has 25 heavy (non-hydrogen) atoms. The highest BCUT2D eigenvalue weighted by molar-refractivity contribution is 7.80. The topological polar surface area (TPSA) is 674 Å². The third kappa shape index (κ3) is 14000. The zero-order valence-corrected chi connectivity index (χ0v) is 16.5. The summed E-state index contributed by atoms with van der Waals surface area (Å²) in [4.78, 5) is 0. The highest BCUT2D eigenvalue weighted by Crippen LogP contribution is 1.59. The summed E-state index contributed by atoms with van der Waals surface area (Å²) in [5.74, 6) is 0. The Bertz CT molecular complexity index is 228. The zero-order valence-electron chi connectivity index (χ0n) is 14.8. The van der Waals surface area contributed by atoms with Crippen molar-refractivity contribution >= 4 is 20.8 Å². The second-order valence-corrected chi connectivity index (χ2v) is 2.69. The van der Waals surface area contributed by atoms with E-state index in [1.807, 2.05) is 0 Å². The molecule has 0 aromatic heterocycles. The van der Waals surface area contributed by atoms with Gasteiger partial charge >= 0.3 is 20.8 Å². The molecule has 0 unspecified atom stereocenters. The Balaban J connectivity index is -0.00000000213. The van der Waals surface area contributed by atoms with Gasteiger partial charge in [-0.2, -0.15) is 16.8 Å². The van der Waals surface area contributed by atoms with Crippen molar-refractivity contribution in [1.29, 1.82) is 0 Å². The van der Waals surface area contributed by atoms with E-state index in [-0.39, 0.29) is 92.3 Å². The third-order valence-corrected chi connectivity index (χ3v) is 0. The molecule has 184 valence electrons. The van der Waals surface area contributed by atoms with Gasteiger partial charge in [0, 0.05) is 0 Å². The van der Waals surface area contributed by atoms with Gasteiger partial charge < -0.3 is 92.3 Å². The summed E-state index contributed by atoms with van der Waals surface area (Å²) in [5.41, 5.74) is 0. The van der Waals surface area contributed by atoms with E-state index in [1.54, 1.807) is 0 Å². The molecule has 25 heteroatoms. The van der Waals surface area contributed by atoms with E-state index in [9.17, 15) is 0 Å². The Morgan fingerprint density at radius 2 is 0.280 bits per heavy atom. The lowest BCUT2D eigenvalue weighted by molar-refractivity contribution is 0.378. The van der Waals surface area contributed by atoms with E-state index in [0.29, 0.717) is 0 Å². The molecule has 0 rings (SSSR count).